The number of rotatable bonds is 7. The van der Waals surface area contributed by atoms with E-state index in [4.69, 9.17) is 5.26 Å². The van der Waals surface area contributed by atoms with Crippen molar-refractivity contribution in [2.45, 2.75) is 32.1 Å². The Morgan fingerprint density at radius 3 is 2.52 bits per heavy atom. The molecule has 0 aliphatic carbocycles. The first-order valence-electron chi connectivity index (χ1n) is 6.56. The van der Waals surface area contributed by atoms with Crippen LogP contribution in [0.5, 0.6) is 0 Å². The van der Waals surface area contributed by atoms with Gasteiger partial charge in [-0.25, -0.2) is 12.8 Å². The third kappa shape index (κ3) is 5.52. The van der Waals surface area contributed by atoms with Gasteiger partial charge >= 0.3 is 0 Å². The lowest BCUT2D eigenvalue weighted by Gasteiger charge is -2.15. The zero-order valence-electron chi connectivity index (χ0n) is 11.7. The van der Waals surface area contributed by atoms with E-state index in [0.717, 1.165) is 0 Å². The molecule has 7 heteroatoms. The highest BCUT2D eigenvalue weighted by molar-refractivity contribution is 7.90. The molecule has 0 spiro atoms. The molecule has 0 aliphatic rings. The van der Waals surface area contributed by atoms with Crippen molar-refractivity contribution in [3.63, 3.8) is 0 Å². The van der Waals surface area contributed by atoms with Gasteiger partial charge in [0.2, 0.25) is 15.9 Å². The monoisotopic (exact) mass is 312 g/mol. The molecule has 5 nitrogen and oxygen atoms in total. The van der Waals surface area contributed by atoms with Crippen molar-refractivity contribution < 1.29 is 17.6 Å². The van der Waals surface area contributed by atoms with E-state index in [1.54, 1.807) is 6.92 Å². The SMILES string of the molecule is CC[C@H](C(=O)NS(=O)(=O)CCCC#N)c1ccc(F)cc1. The van der Waals surface area contributed by atoms with Crippen LogP contribution >= 0.6 is 0 Å². The summed E-state index contributed by atoms with van der Waals surface area (Å²) in [5.74, 6) is -1.98. The first-order chi connectivity index (χ1) is 9.89. The number of hydrogen-bond acceptors (Lipinski definition) is 4. The van der Waals surface area contributed by atoms with E-state index < -0.39 is 27.7 Å². The van der Waals surface area contributed by atoms with Crippen LogP contribution in [0.3, 0.4) is 0 Å². The fraction of sp³-hybridized carbons (Fsp3) is 0.429. The van der Waals surface area contributed by atoms with E-state index in [1.165, 1.54) is 24.3 Å². The maximum Gasteiger partial charge on any atom is 0.240 e. The molecule has 0 fully saturated rings. The Balaban J connectivity index is 2.76. The molecule has 0 saturated carbocycles. The molecule has 0 radical (unpaired) electrons. The van der Waals surface area contributed by atoms with Crippen LogP contribution in [0.1, 0.15) is 37.7 Å². The molecule has 1 N–H and O–H groups in total. The number of nitrogens with zero attached hydrogens (tertiary/aromatic N) is 1. The maximum atomic E-state index is 12.9. The lowest BCUT2D eigenvalue weighted by atomic mass is 9.96. The third-order valence-corrected chi connectivity index (χ3v) is 4.29. The van der Waals surface area contributed by atoms with Crippen molar-refractivity contribution in [1.29, 1.82) is 5.26 Å². The van der Waals surface area contributed by atoms with Gasteiger partial charge in [-0.15, -0.1) is 0 Å². The lowest BCUT2D eigenvalue weighted by molar-refractivity contribution is -0.120. The van der Waals surface area contributed by atoms with Crippen LogP contribution in [0, 0.1) is 17.1 Å². The third-order valence-electron chi connectivity index (χ3n) is 2.95. The topological polar surface area (TPSA) is 87.0 Å². The molecule has 1 atom stereocenters. The van der Waals surface area contributed by atoms with Gasteiger partial charge < -0.3 is 0 Å². The molecule has 1 aromatic carbocycles. The van der Waals surface area contributed by atoms with E-state index in [2.05, 4.69) is 0 Å². The second kappa shape index (κ2) is 7.74. The van der Waals surface area contributed by atoms with Crippen molar-refractivity contribution in [3.8, 4) is 6.07 Å². The highest BCUT2D eigenvalue weighted by Crippen LogP contribution is 2.20. The Kier molecular flexibility index (Phi) is 6.31. The van der Waals surface area contributed by atoms with E-state index in [1.807, 2.05) is 10.8 Å². The number of halogens is 1. The van der Waals surface area contributed by atoms with Crippen molar-refractivity contribution in [2.24, 2.45) is 0 Å². The van der Waals surface area contributed by atoms with E-state index in [0.29, 0.717) is 12.0 Å². The Hall–Kier alpha value is -1.94. The number of carbonyl (C=O) groups excluding carboxylic acids is 1. The Morgan fingerprint density at radius 1 is 1.38 bits per heavy atom. The molecule has 1 aromatic rings. The summed E-state index contributed by atoms with van der Waals surface area (Å²) in [5, 5.41) is 8.38. The molecular weight excluding hydrogens is 295 g/mol. The molecule has 114 valence electrons. The molecule has 0 unspecified atom stereocenters. The van der Waals surface area contributed by atoms with Crippen LogP contribution in [0.4, 0.5) is 4.39 Å². The molecule has 1 amide bonds. The van der Waals surface area contributed by atoms with Crippen molar-refractivity contribution >= 4 is 15.9 Å². The highest BCUT2D eigenvalue weighted by Gasteiger charge is 2.23. The first-order valence-corrected chi connectivity index (χ1v) is 8.21. The second-order valence-electron chi connectivity index (χ2n) is 4.56. The largest absolute Gasteiger partial charge is 0.273 e. The van der Waals surface area contributed by atoms with Crippen molar-refractivity contribution in [3.05, 3.63) is 35.6 Å². The second-order valence-corrected chi connectivity index (χ2v) is 6.40. The predicted molar refractivity (Wildman–Crippen MR) is 76.2 cm³/mol. The van der Waals surface area contributed by atoms with Crippen LogP contribution in [-0.4, -0.2) is 20.1 Å². The van der Waals surface area contributed by atoms with Crippen molar-refractivity contribution in [2.75, 3.05) is 5.75 Å². The summed E-state index contributed by atoms with van der Waals surface area (Å²) in [7, 11) is -3.75. The van der Waals surface area contributed by atoms with Crippen LogP contribution in [0.15, 0.2) is 24.3 Å². The fourth-order valence-electron chi connectivity index (χ4n) is 1.88. The number of nitrogens with one attached hydrogen (secondary N) is 1. The summed E-state index contributed by atoms with van der Waals surface area (Å²) in [6, 6.07) is 7.23. The Bertz CT molecular complexity index is 621. The molecular formula is C14H17FN2O3S. The first kappa shape index (κ1) is 17.1. The van der Waals surface area contributed by atoms with Gasteiger partial charge in [0, 0.05) is 6.42 Å². The number of benzene rings is 1. The number of unbranched alkanes of at least 4 members (excludes halogenated alkanes) is 1. The summed E-state index contributed by atoms with van der Waals surface area (Å²) in [6.07, 6.45) is 0.682. The minimum atomic E-state index is -3.75. The van der Waals surface area contributed by atoms with Gasteiger partial charge in [0.15, 0.2) is 0 Å². The fourth-order valence-corrected chi connectivity index (χ4v) is 2.96. The standard InChI is InChI=1S/C14H17FN2O3S/c1-2-13(11-5-7-12(15)8-6-11)14(18)17-21(19,20)10-4-3-9-16/h5-8,13H,2-4,10H2,1H3,(H,17,18)/t13-/m0/s1. The Labute approximate surface area is 123 Å². The number of carbonyl (C=O) groups is 1. The molecule has 0 aliphatic heterocycles. The van der Waals surface area contributed by atoms with Gasteiger partial charge in [-0.2, -0.15) is 5.26 Å². The van der Waals surface area contributed by atoms with Gasteiger partial charge in [-0.1, -0.05) is 19.1 Å². The summed E-state index contributed by atoms with van der Waals surface area (Å²) < 4.78 is 38.3. The molecule has 0 aromatic heterocycles. The van der Waals surface area contributed by atoms with Gasteiger partial charge in [-0.05, 0) is 30.5 Å². The highest BCUT2D eigenvalue weighted by atomic mass is 32.2. The number of amides is 1. The van der Waals surface area contributed by atoms with Gasteiger partial charge in [0.1, 0.15) is 5.82 Å². The van der Waals surface area contributed by atoms with Crippen LogP contribution in [-0.2, 0) is 14.8 Å². The molecule has 1 rings (SSSR count). The normalized spacial score (nSPS) is 12.4. The van der Waals surface area contributed by atoms with E-state index in [9.17, 15) is 17.6 Å². The van der Waals surface area contributed by atoms with Crippen LogP contribution in [0.25, 0.3) is 0 Å². The summed E-state index contributed by atoms with van der Waals surface area (Å²) in [6.45, 7) is 1.75. The van der Waals surface area contributed by atoms with Crippen LogP contribution in [0.2, 0.25) is 0 Å². The van der Waals surface area contributed by atoms with Gasteiger partial charge in [0.25, 0.3) is 0 Å². The van der Waals surface area contributed by atoms with E-state index >= 15 is 0 Å². The summed E-state index contributed by atoms with van der Waals surface area (Å²) >= 11 is 0. The average Bonchev–Trinajstić information content (AvgIpc) is 2.41. The smallest absolute Gasteiger partial charge is 0.240 e. The molecule has 0 heterocycles. The van der Waals surface area contributed by atoms with Crippen LogP contribution < -0.4 is 4.72 Å². The number of sulfonamides is 1. The summed E-state index contributed by atoms with van der Waals surface area (Å²) in [5.41, 5.74) is 0.559. The lowest BCUT2D eigenvalue weighted by Crippen LogP contribution is -2.36. The van der Waals surface area contributed by atoms with Gasteiger partial charge in [0.05, 0.1) is 17.7 Å². The number of nitriles is 1. The predicted octanol–water partition coefficient (Wildman–Crippen LogP) is 2.07. The van der Waals surface area contributed by atoms with Gasteiger partial charge in [-0.3, -0.25) is 9.52 Å². The average molecular weight is 312 g/mol. The minimum Gasteiger partial charge on any atom is -0.273 e. The van der Waals surface area contributed by atoms with E-state index in [-0.39, 0.29) is 18.6 Å². The Morgan fingerprint density at radius 2 is 2.00 bits per heavy atom. The molecule has 0 saturated heterocycles. The maximum absolute atomic E-state index is 12.9. The minimum absolute atomic E-state index is 0.115. The zero-order chi connectivity index (χ0) is 15.9. The quantitative estimate of drug-likeness (QED) is 0.781. The molecule has 0 bridgehead atoms. The van der Waals surface area contributed by atoms with Crippen molar-refractivity contribution in [1.82, 2.24) is 4.72 Å². The molecule has 21 heavy (non-hydrogen) atoms. The summed E-state index contributed by atoms with van der Waals surface area (Å²) in [4.78, 5) is 12.1. The number of hydrogen-bond donors (Lipinski definition) is 1. The zero-order valence-corrected chi connectivity index (χ0v) is 12.5.